The zero-order valence-electron chi connectivity index (χ0n) is 9.02. The molecule has 2 unspecified atom stereocenters. The molecule has 0 amide bonds. The lowest BCUT2D eigenvalue weighted by atomic mass is 9.78. The summed E-state index contributed by atoms with van der Waals surface area (Å²) in [5.74, 6) is -0.143. The fraction of sp³-hybridized carbons (Fsp3) is 0.357. The number of hydrogen-bond acceptors (Lipinski definition) is 1. The fourth-order valence-corrected chi connectivity index (χ4v) is 3.19. The molecule has 0 spiro atoms. The Kier molecular flexibility index (Phi) is 1.93. The van der Waals surface area contributed by atoms with E-state index in [0.29, 0.717) is 11.5 Å². The van der Waals surface area contributed by atoms with Crippen LogP contribution in [0.1, 0.15) is 35.2 Å². The Morgan fingerprint density at radius 3 is 2.75 bits per heavy atom. The van der Waals surface area contributed by atoms with Gasteiger partial charge in [-0.15, -0.1) is 0 Å². The largest absolute Gasteiger partial charge is 0.478 e. The summed E-state index contributed by atoms with van der Waals surface area (Å²) in [6, 6.07) is 7.43. The average Bonchev–Trinajstić information content (AvgIpc) is 2.90. The molecular formula is C14H14O2. The van der Waals surface area contributed by atoms with Crippen molar-refractivity contribution < 1.29 is 9.90 Å². The van der Waals surface area contributed by atoms with Crippen molar-refractivity contribution in [3.63, 3.8) is 0 Å². The van der Waals surface area contributed by atoms with Gasteiger partial charge in [0, 0.05) is 5.41 Å². The molecule has 0 heterocycles. The summed E-state index contributed by atoms with van der Waals surface area (Å²) in [6.07, 6.45) is 7.87. The van der Waals surface area contributed by atoms with E-state index in [4.69, 9.17) is 0 Å². The monoisotopic (exact) mass is 214 g/mol. The van der Waals surface area contributed by atoms with Crippen LogP contribution in [-0.2, 0) is 5.41 Å². The van der Waals surface area contributed by atoms with E-state index in [9.17, 15) is 9.90 Å². The molecule has 1 saturated carbocycles. The third-order valence-electron chi connectivity index (χ3n) is 3.97. The van der Waals surface area contributed by atoms with Crippen LogP contribution in [0.3, 0.4) is 0 Å². The van der Waals surface area contributed by atoms with Gasteiger partial charge in [-0.25, -0.2) is 4.79 Å². The number of hydrogen-bond donors (Lipinski definition) is 1. The lowest BCUT2D eigenvalue weighted by Gasteiger charge is -2.25. The molecule has 82 valence electrons. The van der Waals surface area contributed by atoms with Gasteiger partial charge in [-0.1, -0.05) is 30.4 Å². The van der Waals surface area contributed by atoms with E-state index < -0.39 is 5.97 Å². The maximum Gasteiger partial charge on any atom is 0.335 e. The highest BCUT2D eigenvalue weighted by Gasteiger charge is 2.43. The van der Waals surface area contributed by atoms with Gasteiger partial charge in [0.25, 0.3) is 0 Å². The topological polar surface area (TPSA) is 37.3 Å². The quantitative estimate of drug-likeness (QED) is 0.768. The van der Waals surface area contributed by atoms with Gasteiger partial charge in [0.2, 0.25) is 0 Å². The molecule has 2 aliphatic carbocycles. The van der Waals surface area contributed by atoms with Gasteiger partial charge in [-0.3, -0.25) is 0 Å². The molecule has 0 radical (unpaired) electrons. The first-order valence-electron chi connectivity index (χ1n) is 5.73. The number of carboxylic acid groups (broad SMARTS) is 1. The number of fused-ring (bicyclic) bond motifs is 2. The van der Waals surface area contributed by atoms with Crippen molar-refractivity contribution in [2.24, 2.45) is 5.92 Å². The second-order valence-electron chi connectivity index (χ2n) is 4.87. The first-order chi connectivity index (χ1) is 7.71. The van der Waals surface area contributed by atoms with Crippen molar-refractivity contribution in [1.82, 2.24) is 0 Å². The van der Waals surface area contributed by atoms with Gasteiger partial charge in [0.1, 0.15) is 0 Å². The summed E-state index contributed by atoms with van der Waals surface area (Å²) in [6.45, 7) is 0. The van der Waals surface area contributed by atoms with Crippen molar-refractivity contribution in [2.75, 3.05) is 0 Å². The maximum absolute atomic E-state index is 11.2. The van der Waals surface area contributed by atoms with E-state index in [-0.39, 0.29) is 5.41 Å². The minimum absolute atomic E-state index is 0.0135. The van der Waals surface area contributed by atoms with E-state index in [1.807, 2.05) is 12.1 Å². The number of allylic oxidation sites excluding steroid dienone is 2. The molecule has 1 fully saturated rings. The van der Waals surface area contributed by atoms with Crippen molar-refractivity contribution in [1.29, 1.82) is 0 Å². The van der Waals surface area contributed by atoms with Crippen LogP contribution in [0.4, 0.5) is 0 Å². The van der Waals surface area contributed by atoms with Crippen LogP contribution in [0.5, 0.6) is 0 Å². The molecule has 1 N–H and O–H groups in total. The Balaban J connectivity index is 2.13. The molecule has 0 aliphatic heterocycles. The molecule has 2 nitrogen and oxygen atoms in total. The molecule has 1 aromatic rings. The van der Waals surface area contributed by atoms with Gasteiger partial charge in [0.15, 0.2) is 0 Å². The SMILES string of the molecule is O=C(O)c1ccccc1C12C=CC(CC1)C2. The molecule has 0 aromatic heterocycles. The Bertz CT molecular complexity index is 475. The number of rotatable bonds is 2. The van der Waals surface area contributed by atoms with E-state index in [1.54, 1.807) is 12.1 Å². The second kappa shape index (κ2) is 3.21. The zero-order chi connectivity index (χ0) is 11.2. The Hall–Kier alpha value is -1.57. The van der Waals surface area contributed by atoms with Crippen molar-refractivity contribution >= 4 is 5.97 Å². The molecule has 2 atom stereocenters. The Labute approximate surface area is 94.6 Å². The molecule has 2 aliphatic rings. The first kappa shape index (κ1) is 9.64. The van der Waals surface area contributed by atoms with Gasteiger partial charge in [-0.2, -0.15) is 0 Å². The Morgan fingerprint density at radius 2 is 2.19 bits per heavy atom. The molecular weight excluding hydrogens is 200 g/mol. The van der Waals surface area contributed by atoms with Crippen LogP contribution in [0, 0.1) is 5.92 Å². The van der Waals surface area contributed by atoms with Gasteiger partial charge < -0.3 is 5.11 Å². The normalized spacial score (nSPS) is 30.9. The van der Waals surface area contributed by atoms with Crippen molar-refractivity contribution in [2.45, 2.75) is 24.7 Å². The van der Waals surface area contributed by atoms with Crippen LogP contribution < -0.4 is 0 Å². The second-order valence-corrected chi connectivity index (χ2v) is 4.87. The highest BCUT2D eigenvalue weighted by Crippen LogP contribution is 2.51. The number of benzene rings is 1. The van der Waals surface area contributed by atoms with Crippen LogP contribution in [-0.4, -0.2) is 11.1 Å². The highest BCUT2D eigenvalue weighted by atomic mass is 16.4. The van der Waals surface area contributed by atoms with Crippen molar-refractivity contribution in [3.05, 3.63) is 47.5 Å². The maximum atomic E-state index is 11.2. The lowest BCUT2D eigenvalue weighted by Crippen LogP contribution is -2.21. The molecule has 2 heteroatoms. The molecule has 3 rings (SSSR count). The minimum Gasteiger partial charge on any atom is -0.478 e. The number of carbonyl (C=O) groups is 1. The standard InChI is InChI=1S/C14H14O2/c15-13(16)11-3-1-2-4-12(11)14-7-5-10(9-14)6-8-14/h1-5,7,10H,6,8-9H2,(H,15,16). The predicted octanol–water partition coefficient (Wildman–Crippen LogP) is 2.99. The van der Waals surface area contributed by atoms with Gasteiger partial charge in [-0.05, 0) is 36.8 Å². The van der Waals surface area contributed by atoms with E-state index in [1.165, 1.54) is 6.42 Å². The van der Waals surface area contributed by atoms with Gasteiger partial charge in [0.05, 0.1) is 5.56 Å². The molecule has 2 bridgehead atoms. The summed E-state index contributed by atoms with van der Waals surface area (Å²) in [5.41, 5.74) is 1.48. The zero-order valence-corrected chi connectivity index (χ0v) is 9.02. The number of aromatic carboxylic acids is 1. The van der Waals surface area contributed by atoms with E-state index in [0.717, 1.165) is 18.4 Å². The van der Waals surface area contributed by atoms with Gasteiger partial charge >= 0.3 is 5.97 Å². The smallest absolute Gasteiger partial charge is 0.335 e. The van der Waals surface area contributed by atoms with Crippen LogP contribution in [0.15, 0.2) is 36.4 Å². The highest BCUT2D eigenvalue weighted by molar-refractivity contribution is 5.90. The summed E-state index contributed by atoms with van der Waals surface area (Å²) >= 11 is 0. The van der Waals surface area contributed by atoms with Crippen LogP contribution >= 0.6 is 0 Å². The molecule has 0 saturated heterocycles. The van der Waals surface area contributed by atoms with Crippen LogP contribution in [0.2, 0.25) is 0 Å². The lowest BCUT2D eigenvalue weighted by molar-refractivity contribution is 0.0694. The predicted molar refractivity (Wildman–Crippen MR) is 61.6 cm³/mol. The number of carboxylic acids is 1. The summed E-state index contributed by atoms with van der Waals surface area (Å²) in [7, 11) is 0. The molecule has 1 aromatic carbocycles. The van der Waals surface area contributed by atoms with E-state index in [2.05, 4.69) is 12.2 Å². The minimum atomic E-state index is -0.811. The fourth-order valence-electron chi connectivity index (χ4n) is 3.19. The third kappa shape index (κ3) is 1.22. The van der Waals surface area contributed by atoms with E-state index >= 15 is 0 Å². The summed E-state index contributed by atoms with van der Waals surface area (Å²) in [5, 5.41) is 9.23. The third-order valence-corrected chi connectivity index (χ3v) is 3.97. The first-order valence-corrected chi connectivity index (χ1v) is 5.73. The average molecular weight is 214 g/mol. The van der Waals surface area contributed by atoms with Crippen LogP contribution in [0.25, 0.3) is 0 Å². The molecule has 16 heavy (non-hydrogen) atoms. The summed E-state index contributed by atoms with van der Waals surface area (Å²) < 4.78 is 0. The summed E-state index contributed by atoms with van der Waals surface area (Å²) in [4.78, 5) is 11.2. The van der Waals surface area contributed by atoms with Crippen molar-refractivity contribution in [3.8, 4) is 0 Å². The Morgan fingerprint density at radius 1 is 1.38 bits per heavy atom.